The summed E-state index contributed by atoms with van der Waals surface area (Å²) in [5, 5.41) is 1.96. The van der Waals surface area contributed by atoms with E-state index in [0.717, 1.165) is 10.6 Å². The zero-order valence-corrected chi connectivity index (χ0v) is 6.07. The van der Waals surface area contributed by atoms with Crippen molar-refractivity contribution in [3.05, 3.63) is 16.3 Å². The molecule has 0 atom stereocenters. The molecule has 50 valence electrons. The van der Waals surface area contributed by atoms with Crippen LogP contribution < -0.4 is 5.73 Å². The van der Waals surface area contributed by atoms with Crippen LogP contribution in [0.2, 0.25) is 0 Å². The third-order valence-electron chi connectivity index (χ3n) is 1.06. The molecule has 0 saturated heterocycles. The lowest BCUT2D eigenvalue weighted by molar-refractivity contribution is 0.188. The summed E-state index contributed by atoms with van der Waals surface area (Å²) in [6, 6.07) is 1.89. The summed E-state index contributed by atoms with van der Waals surface area (Å²) < 4.78 is 4.90. The summed E-state index contributed by atoms with van der Waals surface area (Å²) in [4.78, 5) is 1.11. The maximum Gasteiger partial charge on any atom is 0.0826 e. The topological polar surface area (TPSA) is 35.2 Å². The van der Waals surface area contributed by atoms with Crippen molar-refractivity contribution >= 4 is 17.0 Å². The molecule has 0 radical (unpaired) electrons. The van der Waals surface area contributed by atoms with Crippen molar-refractivity contribution in [2.75, 3.05) is 12.8 Å². The molecule has 0 aromatic carbocycles. The van der Waals surface area contributed by atoms with Crippen molar-refractivity contribution in [2.24, 2.45) is 0 Å². The lowest BCUT2D eigenvalue weighted by Crippen LogP contribution is -1.89. The van der Waals surface area contributed by atoms with Crippen LogP contribution >= 0.6 is 11.3 Å². The van der Waals surface area contributed by atoms with Crippen molar-refractivity contribution < 1.29 is 4.74 Å². The Kier molecular flexibility index (Phi) is 2.08. The van der Waals surface area contributed by atoms with Gasteiger partial charge in [0.05, 0.1) is 11.5 Å². The predicted octanol–water partition coefficient (Wildman–Crippen LogP) is 1.48. The molecule has 2 nitrogen and oxygen atoms in total. The van der Waals surface area contributed by atoms with E-state index in [1.165, 1.54) is 0 Å². The highest BCUT2D eigenvalue weighted by Crippen LogP contribution is 2.18. The molecule has 0 aliphatic carbocycles. The highest BCUT2D eigenvalue weighted by atomic mass is 32.1. The Morgan fingerprint density at radius 1 is 1.78 bits per heavy atom. The summed E-state index contributed by atoms with van der Waals surface area (Å²) in [6.07, 6.45) is 0. The van der Waals surface area contributed by atoms with Crippen molar-refractivity contribution in [1.82, 2.24) is 0 Å². The number of nitrogen functional groups attached to an aromatic ring is 1. The minimum atomic E-state index is 0.628. The van der Waals surface area contributed by atoms with E-state index >= 15 is 0 Å². The molecular weight excluding hydrogens is 134 g/mol. The third-order valence-corrected chi connectivity index (χ3v) is 1.97. The largest absolute Gasteiger partial charge is 0.398 e. The number of ether oxygens (including phenoxy) is 1. The van der Waals surface area contributed by atoms with Crippen LogP contribution in [0.15, 0.2) is 11.4 Å². The van der Waals surface area contributed by atoms with Crippen molar-refractivity contribution in [1.29, 1.82) is 0 Å². The van der Waals surface area contributed by atoms with Gasteiger partial charge in [-0.15, -0.1) is 11.3 Å². The van der Waals surface area contributed by atoms with E-state index in [4.69, 9.17) is 10.5 Å². The monoisotopic (exact) mass is 143 g/mol. The Morgan fingerprint density at radius 3 is 3.00 bits per heavy atom. The van der Waals surface area contributed by atoms with Crippen LogP contribution in [-0.2, 0) is 11.3 Å². The Morgan fingerprint density at radius 2 is 2.56 bits per heavy atom. The fourth-order valence-corrected chi connectivity index (χ4v) is 1.37. The molecule has 1 aromatic heterocycles. The van der Waals surface area contributed by atoms with E-state index in [1.807, 2.05) is 11.4 Å². The van der Waals surface area contributed by atoms with Gasteiger partial charge >= 0.3 is 0 Å². The number of nitrogens with two attached hydrogens (primary N) is 1. The van der Waals surface area contributed by atoms with Crippen LogP contribution in [0.3, 0.4) is 0 Å². The molecule has 0 spiro atoms. The second-order valence-corrected chi connectivity index (χ2v) is 2.73. The molecule has 0 aliphatic rings. The highest BCUT2D eigenvalue weighted by molar-refractivity contribution is 7.10. The SMILES string of the molecule is COCc1sccc1N. The van der Waals surface area contributed by atoms with Crippen LogP contribution in [0.1, 0.15) is 4.88 Å². The minimum Gasteiger partial charge on any atom is -0.398 e. The second-order valence-electron chi connectivity index (χ2n) is 1.73. The molecular formula is C6H9NOS. The molecule has 1 heterocycles. The van der Waals surface area contributed by atoms with Crippen LogP contribution in [0.4, 0.5) is 5.69 Å². The maximum atomic E-state index is 5.56. The fraction of sp³-hybridized carbons (Fsp3) is 0.333. The molecule has 9 heavy (non-hydrogen) atoms. The highest BCUT2D eigenvalue weighted by Gasteiger charge is 1.96. The van der Waals surface area contributed by atoms with Crippen LogP contribution in [0.5, 0.6) is 0 Å². The lowest BCUT2D eigenvalue weighted by atomic mass is 10.4. The van der Waals surface area contributed by atoms with Crippen molar-refractivity contribution in [3.8, 4) is 0 Å². The van der Waals surface area contributed by atoms with E-state index in [2.05, 4.69) is 0 Å². The second kappa shape index (κ2) is 2.85. The quantitative estimate of drug-likeness (QED) is 0.680. The average Bonchev–Trinajstić information content (AvgIpc) is 2.18. The van der Waals surface area contributed by atoms with E-state index in [0.29, 0.717) is 6.61 Å². The lowest BCUT2D eigenvalue weighted by Gasteiger charge is -1.94. The van der Waals surface area contributed by atoms with Gasteiger partial charge in [-0.1, -0.05) is 0 Å². The molecule has 0 bridgehead atoms. The van der Waals surface area contributed by atoms with Gasteiger partial charge in [0.25, 0.3) is 0 Å². The van der Waals surface area contributed by atoms with E-state index < -0.39 is 0 Å². The molecule has 0 unspecified atom stereocenters. The van der Waals surface area contributed by atoms with E-state index in [-0.39, 0.29) is 0 Å². The predicted molar refractivity (Wildman–Crippen MR) is 39.4 cm³/mol. The van der Waals surface area contributed by atoms with Crippen molar-refractivity contribution in [2.45, 2.75) is 6.61 Å². The van der Waals surface area contributed by atoms with E-state index in [1.54, 1.807) is 18.4 Å². The summed E-state index contributed by atoms with van der Waals surface area (Å²) in [5.41, 5.74) is 6.39. The summed E-state index contributed by atoms with van der Waals surface area (Å²) >= 11 is 1.62. The fourth-order valence-electron chi connectivity index (χ4n) is 0.599. The standard InChI is InChI=1S/C6H9NOS/c1-8-4-6-5(7)2-3-9-6/h2-3H,4,7H2,1H3. The normalized spacial score (nSPS) is 9.89. The van der Waals surface area contributed by atoms with Crippen LogP contribution in [0.25, 0.3) is 0 Å². The Balaban J connectivity index is 2.69. The number of hydrogen-bond donors (Lipinski definition) is 1. The van der Waals surface area contributed by atoms with Gasteiger partial charge in [-0.05, 0) is 11.4 Å². The first-order chi connectivity index (χ1) is 4.34. The first-order valence-electron chi connectivity index (χ1n) is 2.65. The first kappa shape index (κ1) is 6.58. The Labute approximate surface area is 58.3 Å². The smallest absolute Gasteiger partial charge is 0.0826 e. The summed E-state index contributed by atoms with van der Waals surface area (Å²) in [6.45, 7) is 0.628. The van der Waals surface area contributed by atoms with Gasteiger partial charge in [0.2, 0.25) is 0 Å². The zero-order valence-electron chi connectivity index (χ0n) is 5.26. The van der Waals surface area contributed by atoms with Gasteiger partial charge in [0, 0.05) is 12.8 Å². The van der Waals surface area contributed by atoms with Gasteiger partial charge < -0.3 is 10.5 Å². The molecule has 2 N–H and O–H groups in total. The number of methoxy groups -OCH3 is 1. The maximum absolute atomic E-state index is 5.56. The number of thiophene rings is 1. The molecule has 0 aliphatic heterocycles. The molecule has 0 saturated carbocycles. The number of anilines is 1. The van der Waals surface area contributed by atoms with Gasteiger partial charge in [-0.25, -0.2) is 0 Å². The zero-order chi connectivity index (χ0) is 6.69. The third kappa shape index (κ3) is 1.43. The molecule has 3 heteroatoms. The minimum absolute atomic E-state index is 0.628. The van der Waals surface area contributed by atoms with Gasteiger partial charge in [0.15, 0.2) is 0 Å². The first-order valence-corrected chi connectivity index (χ1v) is 3.53. The van der Waals surface area contributed by atoms with Gasteiger partial charge in [-0.2, -0.15) is 0 Å². The average molecular weight is 143 g/mol. The Bertz CT molecular complexity index is 185. The summed E-state index contributed by atoms with van der Waals surface area (Å²) in [7, 11) is 1.67. The molecule has 1 rings (SSSR count). The van der Waals surface area contributed by atoms with Gasteiger partial charge in [0.1, 0.15) is 0 Å². The number of hydrogen-bond acceptors (Lipinski definition) is 3. The summed E-state index contributed by atoms with van der Waals surface area (Å²) in [5.74, 6) is 0. The molecule has 1 aromatic rings. The Hall–Kier alpha value is -0.540. The van der Waals surface area contributed by atoms with Crippen LogP contribution in [-0.4, -0.2) is 7.11 Å². The molecule has 0 fully saturated rings. The van der Waals surface area contributed by atoms with Crippen LogP contribution in [0, 0.1) is 0 Å². The van der Waals surface area contributed by atoms with Crippen molar-refractivity contribution in [3.63, 3.8) is 0 Å². The molecule has 0 amide bonds. The van der Waals surface area contributed by atoms with Gasteiger partial charge in [-0.3, -0.25) is 0 Å². The number of rotatable bonds is 2. The van der Waals surface area contributed by atoms with E-state index in [9.17, 15) is 0 Å².